The maximum atomic E-state index is 6.01. The van der Waals surface area contributed by atoms with E-state index in [2.05, 4.69) is 20.4 Å². The van der Waals surface area contributed by atoms with Crippen molar-refractivity contribution in [3.05, 3.63) is 83.4 Å². The van der Waals surface area contributed by atoms with E-state index in [-0.39, 0.29) is 30.0 Å². The fraction of sp³-hybridized carbons (Fsp3) is 0.211. The van der Waals surface area contributed by atoms with Crippen LogP contribution >= 0.6 is 35.6 Å². The first-order valence-corrected chi connectivity index (χ1v) is 8.78. The average molecular weight is 497 g/mol. The number of halogens is 2. The first-order chi connectivity index (χ1) is 12.7. The summed E-state index contributed by atoms with van der Waals surface area (Å²) >= 11 is 5.99. The number of hydrogen-bond acceptors (Lipinski definition) is 3. The van der Waals surface area contributed by atoms with Crippen LogP contribution < -0.4 is 11.1 Å². The van der Waals surface area contributed by atoms with Crippen LogP contribution in [-0.4, -0.2) is 33.8 Å². The summed E-state index contributed by atoms with van der Waals surface area (Å²) in [7, 11) is 0. The van der Waals surface area contributed by atoms with Gasteiger partial charge in [-0.05, 0) is 35.9 Å². The van der Waals surface area contributed by atoms with Gasteiger partial charge in [0.15, 0.2) is 5.96 Å². The van der Waals surface area contributed by atoms with Crippen molar-refractivity contribution in [1.82, 2.24) is 20.1 Å². The van der Waals surface area contributed by atoms with Crippen LogP contribution in [0.4, 0.5) is 0 Å². The molecular formula is C19H22ClIN6. The highest BCUT2D eigenvalue weighted by Crippen LogP contribution is 2.20. The van der Waals surface area contributed by atoms with Gasteiger partial charge in [0.25, 0.3) is 0 Å². The third-order valence-electron chi connectivity index (χ3n) is 3.95. The highest BCUT2D eigenvalue weighted by Gasteiger charge is 2.13. The second-order valence-corrected chi connectivity index (χ2v) is 6.21. The molecule has 6 nitrogen and oxygen atoms in total. The van der Waals surface area contributed by atoms with E-state index in [1.807, 2.05) is 59.4 Å². The molecule has 0 radical (unpaired) electrons. The standard InChI is InChI=1S/C19H21ClN6.HI/c20-16-7-5-15(6-8-16)18(26-13-3-11-25-26)14-24-19(21)23-12-9-17-4-1-2-10-22-17;/h1-8,10-11,13,18H,9,12,14H2,(H3,21,23,24);1H. The molecule has 0 bridgehead atoms. The van der Waals surface area contributed by atoms with Gasteiger partial charge >= 0.3 is 0 Å². The third-order valence-corrected chi connectivity index (χ3v) is 4.20. The number of aliphatic imine (C=N–C) groups is 1. The predicted molar refractivity (Wildman–Crippen MR) is 120 cm³/mol. The lowest BCUT2D eigenvalue weighted by atomic mass is 10.1. The average Bonchev–Trinajstić information content (AvgIpc) is 3.19. The van der Waals surface area contributed by atoms with E-state index in [1.165, 1.54) is 0 Å². The zero-order valence-electron chi connectivity index (χ0n) is 14.7. The van der Waals surface area contributed by atoms with Crippen molar-refractivity contribution in [2.45, 2.75) is 12.5 Å². The van der Waals surface area contributed by atoms with Crippen LogP contribution in [0.3, 0.4) is 0 Å². The summed E-state index contributed by atoms with van der Waals surface area (Å²) in [6, 6.07) is 15.4. The van der Waals surface area contributed by atoms with E-state index in [0.717, 1.165) is 17.7 Å². The molecule has 3 aromatic rings. The molecule has 3 N–H and O–H groups in total. The van der Waals surface area contributed by atoms with Crippen LogP contribution in [0.15, 0.2) is 72.1 Å². The van der Waals surface area contributed by atoms with Gasteiger partial charge in [-0.3, -0.25) is 14.7 Å². The second kappa shape index (κ2) is 10.9. The van der Waals surface area contributed by atoms with Crippen LogP contribution in [0, 0.1) is 0 Å². The van der Waals surface area contributed by atoms with Gasteiger partial charge in [0.1, 0.15) is 0 Å². The lowest BCUT2D eigenvalue weighted by Gasteiger charge is -2.17. The molecule has 142 valence electrons. The monoisotopic (exact) mass is 496 g/mol. The molecule has 0 aliphatic rings. The number of rotatable bonds is 7. The fourth-order valence-corrected chi connectivity index (χ4v) is 2.72. The quantitative estimate of drug-likeness (QED) is 0.299. The molecule has 2 heterocycles. The summed E-state index contributed by atoms with van der Waals surface area (Å²) in [5.41, 5.74) is 8.10. The van der Waals surface area contributed by atoms with Gasteiger partial charge in [-0.15, -0.1) is 24.0 Å². The van der Waals surface area contributed by atoms with E-state index in [0.29, 0.717) is 24.1 Å². The molecule has 1 aromatic carbocycles. The van der Waals surface area contributed by atoms with Crippen molar-refractivity contribution in [3.8, 4) is 0 Å². The maximum Gasteiger partial charge on any atom is 0.188 e. The number of benzene rings is 1. The molecule has 0 amide bonds. The maximum absolute atomic E-state index is 6.01. The summed E-state index contributed by atoms with van der Waals surface area (Å²) in [4.78, 5) is 8.77. The molecule has 3 rings (SSSR count). The molecule has 27 heavy (non-hydrogen) atoms. The van der Waals surface area contributed by atoms with Crippen LogP contribution in [0.25, 0.3) is 0 Å². The van der Waals surface area contributed by atoms with E-state index >= 15 is 0 Å². The Bertz CT molecular complexity index is 821. The fourth-order valence-electron chi connectivity index (χ4n) is 2.60. The summed E-state index contributed by atoms with van der Waals surface area (Å²) < 4.78 is 1.87. The van der Waals surface area contributed by atoms with Gasteiger partial charge in [-0.1, -0.05) is 29.8 Å². The Labute approximate surface area is 180 Å². The first-order valence-electron chi connectivity index (χ1n) is 8.40. The normalized spacial score (nSPS) is 12.3. The number of hydrogen-bond donors (Lipinski definition) is 2. The van der Waals surface area contributed by atoms with Gasteiger partial charge in [0, 0.05) is 42.3 Å². The van der Waals surface area contributed by atoms with Crippen molar-refractivity contribution in [2.75, 3.05) is 13.1 Å². The molecular weight excluding hydrogens is 475 g/mol. The third kappa shape index (κ3) is 6.51. The molecule has 8 heteroatoms. The summed E-state index contributed by atoms with van der Waals surface area (Å²) in [6.45, 7) is 1.16. The van der Waals surface area contributed by atoms with Crippen LogP contribution in [0.1, 0.15) is 17.3 Å². The Kier molecular flexibility index (Phi) is 8.53. The van der Waals surface area contributed by atoms with E-state index < -0.39 is 0 Å². The number of nitrogens with one attached hydrogen (secondary N) is 1. The predicted octanol–water partition coefficient (Wildman–Crippen LogP) is 3.29. The van der Waals surface area contributed by atoms with Crippen LogP contribution in [-0.2, 0) is 6.42 Å². The number of guanidine groups is 1. The van der Waals surface area contributed by atoms with Gasteiger partial charge in [0.05, 0.1) is 12.6 Å². The topological polar surface area (TPSA) is 81.1 Å². The number of nitrogens with two attached hydrogens (primary N) is 1. The molecule has 0 spiro atoms. The minimum atomic E-state index is -0.0431. The smallest absolute Gasteiger partial charge is 0.188 e. The summed E-state index contributed by atoms with van der Waals surface area (Å²) in [5, 5.41) is 8.17. The Morgan fingerprint density at radius 2 is 1.96 bits per heavy atom. The molecule has 0 fully saturated rings. The Morgan fingerprint density at radius 1 is 1.15 bits per heavy atom. The Hall–Kier alpha value is -2.13. The number of aromatic nitrogens is 3. The second-order valence-electron chi connectivity index (χ2n) is 5.78. The van der Waals surface area contributed by atoms with Crippen LogP contribution in [0.2, 0.25) is 5.02 Å². The lowest BCUT2D eigenvalue weighted by Crippen LogP contribution is -2.34. The molecule has 0 saturated carbocycles. The van der Waals surface area contributed by atoms with Gasteiger partial charge in [-0.2, -0.15) is 5.10 Å². The SMILES string of the molecule is I.NC(=NCC(c1ccc(Cl)cc1)n1cccn1)NCCc1ccccn1. The largest absolute Gasteiger partial charge is 0.370 e. The molecule has 0 saturated heterocycles. The zero-order valence-corrected chi connectivity index (χ0v) is 17.8. The molecule has 1 atom stereocenters. The van der Waals surface area contributed by atoms with E-state index in [1.54, 1.807) is 12.4 Å². The molecule has 0 aliphatic carbocycles. The number of pyridine rings is 1. The summed E-state index contributed by atoms with van der Waals surface area (Å²) in [5.74, 6) is 0.409. The highest BCUT2D eigenvalue weighted by atomic mass is 127. The van der Waals surface area contributed by atoms with E-state index in [4.69, 9.17) is 17.3 Å². The molecule has 1 unspecified atom stereocenters. The lowest BCUT2D eigenvalue weighted by molar-refractivity contribution is 0.532. The number of nitrogens with zero attached hydrogens (tertiary/aromatic N) is 4. The Morgan fingerprint density at radius 3 is 2.63 bits per heavy atom. The van der Waals surface area contributed by atoms with Crippen molar-refractivity contribution in [2.24, 2.45) is 10.7 Å². The molecule has 2 aromatic heterocycles. The van der Waals surface area contributed by atoms with Crippen molar-refractivity contribution >= 4 is 41.5 Å². The van der Waals surface area contributed by atoms with Gasteiger partial charge in [0.2, 0.25) is 0 Å². The van der Waals surface area contributed by atoms with E-state index in [9.17, 15) is 0 Å². The highest BCUT2D eigenvalue weighted by molar-refractivity contribution is 14.0. The first kappa shape index (κ1) is 21.2. The van der Waals surface area contributed by atoms with Crippen molar-refractivity contribution in [1.29, 1.82) is 0 Å². The van der Waals surface area contributed by atoms with Gasteiger partial charge in [-0.25, -0.2) is 0 Å². The molecule has 0 aliphatic heterocycles. The minimum Gasteiger partial charge on any atom is -0.370 e. The Balaban J connectivity index is 0.00000261. The minimum absolute atomic E-state index is 0. The van der Waals surface area contributed by atoms with Crippen LogP contribution in [0.5, 0.6) is 0 Å². The zero-order chi connectivity index (χ0) is 18.2. The van der Waals surface area contributed by atoms with Crippen molar-refractivity contribution in [3.63, 3.8) is 0 Å². The van der Waals surface area contributed by atoms with Crippen molar-refractivity contribution < 1.29 is 0 Å². The summed E-state index contributed by atoms with van der Waals surface area (Å²) in [6.07, 6.45) is 6.24. The van der Waals surface area contributed by atoms with Gasteiger partial charge < -0.3 is 11.1 Å².